The minimum Gasteiger partial charge on any atom is -0.301 e. The third-order valence-corrected chi connectivity index (χ3v) is 5.23. The van der Waals surface area contributed by atoms with Gasteiger partial charge in [-0.05, 0) is 31.2 Å². The molecule has 3 rings (SSSR count). The SMILES string of the molecule is Cc1ccnc(SCC(=O)Nc2nc(-c3ccc(Cl)cc3Cl)cs2)n1. The second-order valence-corrected chi connectivity index (χ2v) is 7.62. The summed E-state index contributed by atoms with van der Waals surface area (Å²) in [5, 5.41) is 6.77. The molecule has 2 aromatic heterocycles. The van der Waals surface area contributed by atoms with Gasteiger partial charge >= 0.3 is 0 Å². The van der Waals surface area contributed by atoms with Crippen LogP contribution in [0.4, 0.5) is 5.13 Å². The zero-order valence-electron chi connectivity index (χ0n) is 13.0. The Labute approximate surface area is 162 Å². The molecule has 2 heterocycles. The number of thiazole rings is 1. The molecule has 128 valence electrons. The number of thioether (sulfide) groups is 1. The number of carbonyl (C=O) groups excluding carboxylic acids is 1. The fourth-order valence-electron chi connectivity index (χ4n) is 1.93. The van der Waals surface area contributed by atoms with Crippen LogP contribution in [-0.4, -0.2) is 26.6 Å². The van der Waals surface area contributed by atoms with E-state index in [0.717, 1.165) is 11.3 Å². The quantitative estimate of drug-likeness (QED) is 0.476. The first-order valence-electron chi connectivity index (χ1n) is 7.14. The van der Waals surface area contributed by atoms with Crippen molar-refractivity contribution in [1.82, 2.24) is 15.0 Å². The van der Waals surface area contributed by atoms with Crippen molar-refractivity contribution in [2.45, 2.75) is 12.1 Å². The highest BCUT2D eigenvalue weighted by Gasteiger charge is 2.11. The molecule has 0 radical (unpaired) electrons. The summed E-state index contributed by atoms with van der Waals surface area (Å²) in [5.74, 6) is 0.0401. The van der Waals surface area contributed by atoms with Gasteiger partial charge in [0.25, 0.3) is 0 Å². The molecule has 9 heteroatoms. The smallest absolute Gasteiger partial charge is 0.236 e. The van der Waals surface area contributed by atoms with Gasteiger partial charge in [0.05, 0.1) is 16.5 Å². The highest BCUT2D eigenvalue weighted by atomic mass is 35.5. The standard InChI is InChI=1S/C16H12Cl2N4OS2/c1-9-4-5-19-15(20-9)25-8-14(23)22-16-21-13(7-24-16)11-3-2-10(17)6-12(11)18/h2-7H,8H2,1H3,(H,21,22,23). The summed E-state index contributed by atoms with van der Waals surface area (Å²) in [7, 11) is 0. The van der Waals surface area contributed by atoms with Crippen LogP contribution >= 0.6 is 46.3 Å². The van der Waals surface area contributed by atoms with E-state index in [-0.39, 0.29) is 11.7 Å². The molecule has 1 aromatic carbocycles. The van der Waals surface area contributed by atoms with E-state index in [1.165, 1.54) is 23.1 Å². The number of aromatic nitrogens is 3. The van der Waals surface area contributed by atoms with Crippen LogP contribution in [0.5, 0.6) is 0 Å². The number of hydrogen-bond acceptors (Lipinski definition) is 6. The van der Waals surface area contributed by atoms with Gasteiger partial charge in [-0.15, -0.1) is 11.3 Å². The number of rotatable bonds is 5. The number of hydrogen-bond donors (Lipinski definition) is 1. The zero-order valence-corrected chi connectivity index (χ0v) is 16.1. The van der Waals surface area contributed by atoms with Crippen molar-refractivity contribution in [2.24, 2.45) is 0 Å². The van der Waals surface area contributed by atoms with Crippen molar-refractivity contribution in [3.63, 3.8) is 0 Å². The van der Waals surface area contributed by atoms with Crippen LogP contribution in [0, 0.1) is 6.92 Å². The monoisotopic (exact) mass is 410 g/mol. The Kier molecular flexibility index (Phi) is 5.90. The Balaban J connectivity index is 1.62. The average Bonchev–Trinajstić information content (AvgIpc) is 3.01. The van der Waals surface area contributed by atoms with Crippen LogP contribution in [0.2, 0.25) is 10.0 Å². The van der Waals surface area contributed by atoms with Gasteiger partial charge in [-0.2, -0.15) is 0 Å². The van der Waals surface area contributed by atoms with E-state index in [4.69, 9.17) is 23.2 Å². The number of anilines is 1. The first kappa shape index (κ1) is 18.1. The molecule has 0 fully saturated rings. The van der Waals surface area contributed by atoms with Gasteiger partial charge in [0.2, 0.25) is 5.91 Å². The number of carbonyl (C=O) groups is 1. The molecule has 3 aromatic rings. The third-order valence-electron chi connectivity index (χ3n) is 3.06. The van der Waals surface area contributed by atoms with Crippen LogP contribution in [0.3, 0.4) is 0 Å². The Morgan fingerprint density at radius 3 is 2.88 bits per heavy atom. The Hall–Kier alpha value is -1.67. The number of aryl methyl sites for hydroxylation is 1. The maximum Gasteiger partial charge on any atom is 0.236 e. The molecule has 0 unspecified atom stereocenters. The normalized spacial score (nSPS) is 10.7. The van der Waals surface area contributed by atoms with Crippen molar-refractivity contribution in [3.05, 3.63) is 51.6 Å². The number of nitrogens with one attached hydrogen (secondary N) is 1. The van der Waals surface area contributed by atoms with Crippen LogP contribution in [-0.2, 0) is 4.79 Å². The zero-order chi connectivity index (χ0) is 17.8. The maximum absolute atomic E-state index is 12.1. The molecule has 0 aliphatic carbocycles. The first-order valence-corrected chi connectivity index (χ1v) is 9.76. The van der Waals surface area contributed by atoms with Crippen LogP contribution < -0.4 is 5.32 Å². The Morgan fingerprint density at radius 2 is 2.12 bits per heavy atom. The van der Waals surface area contributed by atoms with Crippen LogP contribution in [0.1, 0.15) is 5.69 Å². The lowest BCUT2D eigenvalue weighted by Gasteiger charge is -2.02. The largest absolute Gasteiger partial charge is 0.301 e. The fraction of sp³-hybridized carbons (Fsp3) is 0.125. The summed E-state index contributed by atoms with van der Waals surface area (Å²) in [4.78, 5) is 24.8. The molecular weight excluding hydrogens is 399 g/mol. The van der Waals surface area contributed by atoms with Gasteiger partial charge in [0, 0.05) is 27.9 Å². The maximum atomic E-state index is 12.1. The number of halogens is 2. The molecular formula is C16H12Cl2N4OS2. The lowest BCUT2D eigenvalue weighted by molar-refractivity contribution is -0.113. The van der Waals surface area contributed by atoms with E-state index in [1.54, 1.807) is 24.4 Å². The second kappa shape index (κ2) is 8.14. The fourth-order valence-corrected chi connectivity index (χ4v) is 3.84. The molecule has 0 aliphatic rings. The van der Waals surface area contributed by atoms with E-state index in [9.17, 15) is 4.79 Å². The first-order chi connectivity index (χ1) is 12.0. The van der Waals surface area contributed by atoms with Gasteiger partial charge in [0.1, 0.15) is 0 Å². The summed E-state index contributed by atoms with van der Waals surface area (Å²) in [6, 6.07) is 7.02. The summed E-state index contributed by atoms with van der Waals surface area (Å²) >= 11 is 14.7. The lowest BCUT2D eigenvalue weighted by atomic mass is 10.2. The summed E-state index contributed by atoms with van der Waals surface area (Å²) in [6.45, 7) is 1.88. The number of benzene rings is 1. The predicted octanol–water partition coefficient (Wildman–Crippen LogP) is 4.95. The predicted molar refractivity (Wildman–Crippen MR) is 104 cm³/mol. The molecule has 0 saturated heterocycles. The van der Waals surface area contributed by atoms with Gasteiger partial charge in [0.15, 0.2) is 10.3 Å². The Morgan fingerprint density at radius 1 is 1.28 bits per heavy atom. The van der Waals surface area contributed by atoms with E-state index in [1.807, 2.05) is 18.4 Å². The second-order valence-electron chi connectivity index (χ2n) is 4.98. The highest BCUT2D eigenvalue weighted by Crippen LogP contribution is 2.32. The van der Waals surface area contributed by atoms with Crippen LogP contribution in [0.25, 0.3) is 11.3 Å². The molecule has 0 saturated carbocycles. The van der Waals surface area contributed by atoms with Crippen molar-refractivity contribution in [3.8, 4) is 11.3 Å². The number of nitrogens with zero attached hydrogens (tertiary/aromatic N) is 3. The van der Waals surface area contributed by atoms with Crippen molar-refractivity contribution >= 4 is 57.3 Å². The molecule has 0 atom stereocenters. The van der Waals surface area contributed by atoms with Crippen molar-refractivity contribution < 1.29 is 4.79 Å². The molecule has 5 nitrogen and oxygen atoms in total. The van der Waals surface area contributed by atoms with E-state index < -0.39 is 0 Å². The van der Waals surface area contributed by atoms with Gasteiger partial charge in [-0.1, -0.05) is 35.0 Å². The third kappa shape index (κ3) is 4.92. The average molecular weight is 411 g/mol. The molecule has 1 N–H and O–H groups in total. The Bertz CT molecular complexity index is 917. The van der Waals surface area contributed by atoms with E-state index >= 15 is 0 Å². The summed E-state index contributed by atoms with van der Waals surface area (Å²) < 4.78 is 0. The van der Waals surface area contributed by atoms with E-state index in [0.29, 0.717) is 26.0 Å². The topological polar surface area (TPSA) is 67.8 Å². The molecule has 1 amide bonds. The lowest BCUT2D eigenvalue weighted by Crippen LogP contribution is -2.14. The van der Waals surface area contributed by atoms with Gasteiger partial charge < -0.3 is 5.32 Å². The molecule has 0 spiro atoms. The summed E-state index contributed by atoms with van der Waals surface area (Å²) in [6.07, 6.45) is 1.67. The van der Waals surface area contributed by atoms with Gasteiger partial charge in [-0.3, -0.25) is 4.79 Å². The van der Waals surface area contributed by atoms with Gasteiger partial charge in [-0.25, -0.2) is 15.0 Å². The molecule has 0 aliphatic heterocycles. The summed E-state index contributed by atoms with van der Waals surface area (Å²) in [5.41, 5.74) is 2.32. The molecule has 0 bridgehead atoms. The highest BCUT2D eigenvalue weighted by molar-refractivity contribution is 7.99. The van der Waals surface area contributed by atoms with Crippen molar-refractivity contribution in [2.75, 3.05) is 11.1 Å². The minimum atomic E-state index is -0.168. The van der Waals surface area contributed by atoms with Crippen LogP contribution in [0.15, 0.2) is 41.0 Å². The van der Waals surface area contributed by atoms with E-state index in [2.05, 4.69) is 20.3 Å². The van der Waals surface area contributed by atoms with Crippen molar-refractivity contribution in [1.29, 1.82) is 0 Å². The minimum absolute atomic E-state index is 0.168. The molecule has 25 heavy (non-hydrogen) atoms. The number of amides is 1.